The molecule has 4 aromatic rings. The maximum atomic E-state index is 12.5. The highest BCUT2D eigenvalue weighted by Crippen LogP contribution is 2.27. The van der Waals surface area contributed by atoms with Gasteiger partial charge in [0.2, 0.25) is 5.91 Å². The van der Waals surface area contributed by atoms with Crippen molar-refractivity contribution in [1.29, 1.82) is 0 Å². The summed E-state index contributed by atoms with van der Waals surface area (Å²) in [5.74, 6) is -0.184. The maximum absolute atomic E-state index is 12.5. The van der Waals surface area contributed by atoms with Crippen LogP contribution < -0.4 is 5.32 Å². The van der Waals surface area contributed by atoms with Crippen molar-refractivity contribution >= 4 is 28.6 Å². The van der Waals surface area contributed by atoms with Crippen LogP contribution in [0.5, 0.6) is 0 Å². The zero-order valence-electron chi connectivity index (χ0n) is 18.2. The second-order valence-corrected chi connectivity index (χ2v) is 8.04. The average Bonchev–Trinajstić information content (AvgIpc) is 3.33. The predicted octanol–water partition coefficient (Wildman–Crippen LogP) is 4.11. The first-order valence-electron chi connectivity index (χ1n) is 11.0. The van der Waals surface area contributed by atoms with Crippen LogP contribution in [0.15, 0.2) is 73.2 Å². The summed E-state index contributed by atoms with van der Waals surface area (Å²) in [6, 6.07) is 16.1. The third-order valence-corrected chi connectivity index (χ3v) is 5.75. The molecule has 0 saturated carbocycles. The number of aromatic amines is 1. The van der Waals surface area contributed by atoms with Crippen molar-refractivity contribution in [3.63, 3.8) is 0 Å². The monoisotopic (exact) mass is 439 g/mol. The summed E-state index contributed by atoms with van der Waals surface area (Å²) in [4.78, 5) is 19.1. The van der Waals surface area contributed by atoms with E-state index in [4.69, 9.17) is 4.74 Å². The first-order valence-corrected chi connectivity index (χ1v) is 11.0. The summed E-state index contributed by atoms with van der Waals surface area (Å²) in [7, 11) is 0. The van der Waals surface area contributed by atoms with Gasteiger partial charge in [-0.2, -0.15) is 5.10 Å². The van der Waals surface area contributed by atoms with Crippen molar-refractivity contribution in [3.8, 4) is 11.1 Å². The van der Waals surface area contributed by atoms with Gasteiger partial charge in [-0.3, -0.25) is 19.8 Å². The molecule has 0 atom stereocenters. The number of H-pyrrole nitrogens is 1. The molecule has 1 aliphatic heterocycles. The fourth-order valence-electron chi connectivity index (χ4n) is 3.97. The van der Waals surface area contributed by atoms with E-state index in [2.05, 4.69) is 43.6 Å². The van der Waals surface area contributed by atoms with Crippen molar-refractivity contribution in [1.82, 2.24) is 20.1 Å². The van der Waals surface area contributed by atoms with Gasteiger partial charge in [-0.25, -0.2) is 0 Å². The Balaban J connectivity index is 1.25. The van der Waals surface area contributed by atoms with Crippen molar-refractivity contribution in [2.75, 3.05) is 31.6 Å². The molecule has 0 aliphatic carbocycles. The lowest BCUT2D eigenvalue weighted by atomic mass is 10.0. The molecule has 3 heterocycles. The molecule has 1 fully saturated rings. The Morgan fingerprint density at radius 1 is 1.09 bits per heavy atom. The third-order valence-electron chi connectivity index (χ3n) is 5.75. The highest BCUT2D eigenvalue weighted by molar-refractivity contribution is 6.02. The standard InChI is InChI=1S/C26H25N5O2/c32-26(29-23-5-1-19(2-6-23)18-31-11-13-33-14-12-31)8-4-21-16-27-10-9-24(21)20-3-7-25-22(15-20)17-28-30-25/h1-10,15-17H,11-14,18H2,(H,28,30)(H,29,32). The number of morpholine rings is 1. The summed E-state index contributed by atoms with van der Waals surface area (Å²) in [6.07, 6.45) is 8.65. The summed E-state index contributed by atoms with van der Waals surface area (Å²) >= 11 is 0. The van der Waals surface area contributed by atoms with Crippen molar-refractivity contribution in [2.24, 2.45) is 0 Å². The molecule has 166 valence electrons. The summed E-state index contributed by atoms with van der Waals surface area (Å²) in [5.41, 5.74) is 5.90. The van der Waals surface area contributed by atoms with Crippen LogP contribution in [0.2, 0.25) is 0 Å². The molecule has 2 N–H and O–H groups in total. The van der Waals surface area contributed by atoms with Crippen LogP contribution in [0.4, 0.5) is 5.69 Å². The fourth-order valence-corrected chi connectivity index (χ4v) is 3.97. The van der Waals surface area contributed by atoms with Gasteiger partial charge in [0.15, 0.2) is 0 Å². The van der Waals surface area contributed by atoms with Gasteiger partial charge in [0.1, 0.15) is 0 Å². The first kappa shape index (κ1) is 21.1. The number of nitrogens with zero attached hydrogens (tertiary/aromatic N) is 3. The quantitative estimate of drug-likeness (QED) is 0.442. The molecule has 0 radical (unpaired) electrons. The van der Waals surface area contributed by atoms with Crippen LogP contribution in [-0.2, 0) is 16.1 Å². The molecule has 0 spiro atoms. The number of carbonyl (C=O) groups excluding carboxylic acids is 1. The lowest BCUT2D eigenvalue weighted by molar-refractivity contribution is -0.111. The zero-order chi connectivity index (χ0) is 22.5. The Labute approximate surface area is 192 Å². The van der Waals surface area contributed by atoms with E-state index in [-0.39, 0.29) is 5.91 Å². The van der Waals surface area contributed by atoms with Gasteiger partial charge < -0.3 is 10.1 Å². The van der Waals surface area contributed by atoms with Gasteiger partial charge in [-0.15, -0.1) is 0 Å². The minimum Gasteiger partial charge on any atom is -0.379 e. The lowest BCUT2D eigenvalue weighted by Crippen LogP contribution is -2.35. The molecule has 33 heavy (non-hydrogen) atoms. The molecule has 7 heteroatoms. The number of amides is 1. The first-order chi connectivity index (χ1) is 16.2. The number of rotatable bonds is 6. The van der Waals surface area contributed by atoms with Gasteiger partial charge in [0.25, 0.3) is 0 Å². The summed E-state index contributed by atoms with van der Waals surface area (Å²) < 4.78 is 5.40. The number of anilines is 1. The molecule has 2 aromatic heterocycles. The maximum Gasteiger partial charge on any atom is 0.248 e. The second-order valence-electron chi connectivity index (χ2n) is 8.04. The number of fused-ring (bicyclic) bond motifs is 1. The third kappa shape index (κ3) is 5.16. The molecular formula is C26H25N5O2. The van der Waals surface area contributed by atoms with Gasteiger partial charge in [0, 0.05) is 54.7 Å². The predicted molar refractivity (Wildman–Crippen MR) is 130 cm³/mol. The number of nitrogens with one attached hydrogen (secondary N) is 2. The van der Waals surface area contributed by atoms with Crippen molar-refractivity contribution < 1.29 is 9.53 Å². The number of hydrogen-bond donors (Lipinski definition) is 2. The molecule has 1 amide bonds. The van der Waals surface area contributed by atoms with Gasteiger partial charge in [-0.1, -0.05) is 18.2 Å². The molecule has 0 bridgehead atoms. The smallest absolute Gasteiger partial charge is 0.248 e. The number of carbonyl (C=O) groups is 1. The fraction of sp³-hybridized carbons (Fsp3) is 0.192. The molecule has 1 saturated heterocycles. The normalized spacial score (nSPS) is 14.7. The topological polar surface area (TPSA) is 83.1 Å². The van der Waals surface area contributed by atoms with Crippen molar-refractivity contribution in [3.05, 3.63) is 84.3 Å². The van der Waals surface area contributed by atoms with Crippen LogP contribution in [0.1, 0.15) is 11.1 Å². The molecule has 0 unspecified atom stereocenters. The summed E-state index contributed by atoms with van der Waals surface area (Å²) in [5, 5.41) is 11.0. The minimum atomic E-state index is -0.184. The highest BCUT2D eigenvalue weighted by atomic mass is 16.5. The lowest BCUT2D eigenvalue weighted by Gasteiger charge is -2.26. The van der Waals surface area contributed by atoms with Crippen LogP contribution in [0.25, 0.3) is 28.1 Å². The number of aromatic nitrogens is 3. The van der Waals surface area contributed by atoms with E-state index in [1.54, 1.807) is 30.7 Å². The number of ether oxygens (including phenoxy) is 1. The highest BCUT2D eigenvalue weighted by Gasteiger charge is 2.11. The number of benzene rings is 2. The molecular weight excluding hydrogens is 414 g/mol. The Morgan fingerprint density at radius 2 is 1.94 bits per heavy atom. The van der Waals surface area contributed by atoms with Gasteiger partial charge in [0.05, 0.1) is 24.9 Å². The van der Waals surface area contributed by atoms with E-state index in [0.29, 0.717) is 0 Å². The van der Waals surface area contributed by atoms with Crippen LogP contribution in [0.3, 0.4) is 0 Å². The average molecular weight is 440 g/mol. The SMILES string of the molecule is O=C(C=Cc1cnccc1-c1ccc2[nH]ncc2c1)Nc1ccc(CN2CCOCC2)cc1. The summed E-state index contributed by atoms with van der Waals surface area (Å²) in [6.45, 7) is 4.38. The van der Waals surface area contributed by atoms with E-state index >= 15 is 0 Å². The van der Waals surface area contributed by atoms with Crippen LogP contribution >= 0.6 is 0 Å². The van der Waals surface area contributed by atoms with Crippen LogP contribution in [-0.4, -0.2) is 52.3 Å². The van der Waals surface area contributed by atoms with Crippen molar-refractivity contribution in [2.45, 2.75) is 6.54 Å². The van der Waals surface area contributed by atoms with E-state index < -0.39 is 0 Å². The number of hydrogen-bond acceptors (Lipinski definition) is 5. The zero-order valence-corrected chi connectivity index (χ0v) is 18.2. The van der Waals surface area contributed by atoms with Gasteiger partial charge >= 0.3 is 0 Å². The van der Waals surface area contributed by atoms with E-state index in [1.807, 2.05) is 30.3 Å². The van der Waals surface area contributed by atoms with E-state index in [1.165, 1.54) is 5.56 Å². The largest absolute Gasteiger partial charge is 0.379 e. The molecule has 5 rings (SSSR count). The second kappa shape index (κ2) is 9.77. The Morgan fingerprint density at radius 3 is 2.79 bits per heavy atom. The van der Waals surface area contributed by atoms with E-state index in [9.17, 15) is 4.79 Å². The Bertz CT molecular complexity index is 1270. The molecule has 1 aliphatic rings. The molecule has 7 nitrogen and oxygen atoms in total. The molecule has 2 aromatic carbocycles. The van der Waals surface area contributed by atoms with E-state index in [0.717, 1.165) is 66.1 Å². The van der Waals surface area contributed by atoms with Crippen LogP contribution in [0, 0.1) is 0 Å². The van der Waals surface area contributed by atoms with Gasteiger partial charge in [-0.05, 0) is 53.1 Å². The Hall–Kier alpha value is -3.81. The minimum absolute atomic E-state index is 0.184. The number of pyridine rings is 1. The Kier molecular flexibility index (Phi) is 6.23.